The molecule has 154 valence electrons. The Morgan fingerprint density at radius 2 is 2.03 bits per heavy atom. The van der Waals surface area contributed by atoms with Gasteiger partial charge in [0.25, 0.3) is 5.91 Å². The van der Waals surface area contributed by atoms with Gasteiger partial charge in [-0.05, 0) is 31.2 Å². The molecule has 0 saturated carbocycles. The Bertz CT molecular complexity index is 1350. The molecule has 0 aliphatic rings. The molecule has 0 bridgehead atoms. The van der Waals surface area contributed by atoms with Crippen molar-refractivity contribution in [3.8, 4) is 5.75 Å². The monoisotopic (exact) mass is 424 g/mol. The molecule has 4 aromatic rings. The molecular weight excluding hydrogens is 404 g/mol. The molecule has 2 heterocycles. The first-order valence-electron chi connectivity index (χ1n) is 9.48. The van der Waals surface area contributed by atoms with Crippen LogP contribution >= 0.6 is 11.3 Å². The molecule has 7 nitrogen and oxygen atoms in total. The number of nitrogens with zero attached hydrogens (tertiary/aromatic N) is 2. The summed E-state index contributed by atoms with van der Waals surface area (Å²) in [5.41, 5.74) is 0.465. The zero-order valence-corrected chi connectivity index (χ0v) is 17.4. The number of rotatable bonds is 6. The molecule has 30 heavy (non-hydrogen) atoms. The molecule has 2 aromatic carbocycles. The third-order valence-electron chi connectivity index (χ3n) is 4.55. The first-order chi connectivity index (χ1) is 14.6. The Labute approximate surface area is 175 Å². The Morgan fingerprint density at radius 3 is 2.83 bits per heavy atom. The minimum absolute atomic E-state index is 0.102. The fourth-order valence-corrected chi connectivity index (χ4v) is 4.28. The van der Waals surface area contributed by atoms with E-state index in [0.29, 0.717) is 41.3 Å². The molecule has 1 amide bonds. The van der Waals surface area contributed by atoms with Gasteiger partial charge in [0.15, 0.2) is 4.80 Å². The lowest BCUT2D eigenvalue weighted by Gasteiger charge is -2.09. The highest BCUT2D eigenvalue weighted by atomic mass is 32.1. The van der Waals surface area contributed by atoms with E-state index in [9.17, 15) is 9.59 Å². The Kier molecular flexibility index (Phi) is 5.78. The largest absolute Gasteiger partial charge is 0.492 e. The van der Waals surface area contributed by atoms with Gasteiger partial charge >= 0.3 is 5.63 Å². The minimum atomic E-state index is -0.706. The van der Waals surface area contributed by atoms with Crippen LogP contribution in [-0.2, 0) is 11.3 Å². The molecule has 0 saturated heterocycles. The van der Waals surface area contributed by atoms with Gasteiger partial charge in [0.2, 0.25) is 0 Å². The van der Waals surface area contributed by atoms with E-state index in [-0.39, 0.29) is 5.56 Å². The standard InChI is InChI=1S/C22H20N2O5S/c1-3-28-17-9-6-10-18-19(17)24(11-12-27-2)22(30-18)23-20(25)15-13-14-7-4-5-8-16(14)29-21(15)26/h4-10,13H,3,11-12H2,1-2H3. The van der Waals surface area contributed by atoms with E-state index in [0.717, 1.165) is 10.2 Å². The first-order valence-corrected chi connectivity index (χ1v) is 10.3. The Hall–Kier alpha value is -3.23. The summed E-state index contributed by atoms with van der Waals surface area (Å²) in [7, 11) is 1.61. The van der Waals surface area contributed by atoms with Crippen molar-refractivity contribution in [2.45, 2.75) is 13.5 Å². The second kappa shape index (κ2) is 8.64. The van der Waals surface area contributed by atoms with E-state index in [1.807, 2.05) is 35.8 Å². The number of thiazole rings is 1. The number of benzene rings is 2. The molecule has 0 radical (unpaired) electrons. The van der Waals surface area contributed by atoms with Crippen LogP contribution in [0, 0.1) is 0 Å². The smallest absolute Gasteiger partial charge is 0.349 e. The van der Waals surface area contributed by atoms with Crippen molar-refractivity contribution in [3.05, 3.63) is 69.3 Å². The van der Waals surface area contributed by atoms with E-state index in [2.05, 4.69) is 4.99 Å². The summed E-state index contributed by atoms with van der Waals surface area (Å²) in [6.07, 6.45) is 0. The van der Waals surface area contributed by atoms with Crippen LogP contribution in [0.4, 0.5) is 0 Å². The van der Waals surface area contributed by atoms with Gasteiger partial charge in [-0.1, -0.05) is 35.6 Å². The average molecular weight is 424 g/mol. The Morgan fingerprint density at radius 1 is 1.20 bits per heavy atom. The predicted octanol–water partition coefficient (Wildman–Crippen LogP) is 3.60. The topological polar surface area (TPSA) is 83.0 Å². The number of ether oxygens (including phenoxy) is 2. The van der Waals surface area contributed by atoms with Gasteiger partial charge in [-0.2, -0.15) is 4.99 Å². The van der Waals surface area contributed by atoms with Crippen molar-refractivity contribution in [2.24, 2.45) is 4.99 Å². The molecule has 0 atom stereocenters. The van der Waals surface area contributed by atoms with Crippen molar-refractivity contribution < 1.29 is 18.7 Å². The summed E-state index contributed by atoms with van der Waals surface area (Å²) in [5, 5.41) is 0.665. The summed E-state index contributed by atoms with van der Waals surface area (Å²) >= 11 is 1.35. The van der Waals surface area contributed by atoms with Crippen LogP contribution in [0.1, 0.15) is 17.3 Å². The van der Waals surface area contributed by atoms with Crippen LogP contribution in [-0.4, -0.2) is 30.8 Å². The summed E-state index contributed by atoms with van der Waals surface area (Å²) in [5.74, 6) is 0.0617. The normalized spacial score (nSPS) is 12.0. The number of carbonyl (C=O) groups excluding carboxylic acids is 1. The van der Waals surface area contributed by atoms with E-state index < -0.39 is 11.5 Å². The highest BCUT2D eigenvalue weighted by molar-refractivity contribution is 7.16. The van der Waals surface area contributed by atoms with Crippen LogP contribution in [0.5, 0.6) is 5.75 Å². The average Bonchev–Trinajstić information content (AvgIpc) is 3.09. The molecule has 0 aliphatic heterocycles. The number of para-hydroxylation sites is 2. The van der Waals surface area contributed by atoms with Crippen LogP contribution in [0.2, 0.25) is 0 Å². The van der Waals surface area contributed by atoms with E-state index in [1.165, 1.54) is 17.4 Å². The molecule has 0 N–H and O–H groups in total. The molecule has 0 aliphatic carbocycles. The van der Waals surface area contributed by atoms with Gasteiger partial charge in [-0.3, -0.25) is 4.79 Å². The second-order valence-electron chi connectivity index (χ2n) is 6.47. The third-order valence-corrected chi connectivity index (χ3v) is 5.60. The van der Waals surface area contributed by atoms with Crippen molar-refractivity contribution in [3.63, 3.8) is 0 Å². The van der Waals surface area contributed by atoms with E-state index in [4.69, 9.17) is 13.9 Å². The number of amides is 1. The molecule has 4 rings (SSSR count). The Balaban J connectivity index is 1.87. The highest BCUT2D eigenvalue weighted by Gasteiger charge is 2.16. The minimum Gasteiger partial charge on any atom is -0.492 e. The van der Waals surface area contributed by atoms with Crippen LogP contribution in [0.25, 0.3) is 21.2 Å². The quantitative estimate of drug-likeness (QED) is 0.442. The van der Waals surface area contributed by atoms with Crippen LogP contribution in [0.3, 0.4) is 0 Å². The lowest BCUT2D eigenvalue weighted by atomic mass is 10.2. The van der Waals surface area contributed by atoms with Crippen molar-refractivity contribution in [2.75, 3.05) is 20.3 Å². The van der Waals surface area contributed by atoms with Crippen LogP contribution in [0.15, 0.2) is 62.7 Å². The number of fused-ring (bicyclic) bond motifs is 2. The predicted molar refractivity (Wildman–Crippen MR) is 115 cm³/mol. The van der Waals surface area contributed by atoms with Gasteiger partial charge in [-0.15, -0.1) is 0 Å². The molecule has 0 fully saturated rings. The maximum atomic E-state index is 12.9. The summed E-state index contributed by atoms with van der Waals surface area (Å²) in [6, 6.07) is 14.3. The lowest BCUT2D eigenvalue weighted by molar-refractivity contribution is 0.0994. The zero-order chi connectivity index (χ0) is 21.1. The molecule has 2 aromatic heterocycles. The van der Waals surface area contributed by atoms with Gasteiger partial charge < -0.3 is 18.5 Å². The van der Waals surface area contributed by atoms with Crippen molar-refractivity contribution in [1.82, 2.24) is 4.57 Å². The molecule has 8 heteroatoms. The van der Waals surface area contributed by atoms with E-state index in [1.54, 1.807) is 25.3 Å². The number of hydrogen-bond acceptors (Lipinski definition) is 6. The number of carbonyl (C=O) groups is 1. The fourth-order valence-electron chi connectivity index (χ4n) is 3.20. The summed E-state index contributed by atoms with van der Waals surface area (Å²) in [6.45, 7) is 3.35. The maximum Gasteiger partial charge on any atom is 0.349 e. The SMILES string of the molecule is CCOc1cccc2sc(=NC(=O)c3cc4ccccc4oc3=O)n(CCOC)c12. The zero-order valence-electron chi connectivity index (χ0n) is 16.6. The highest BCUT2D eigenvalue weighted by Crippen LogP contribution is 2.27. The fraction of sp³-hybridized carbons (Fsp3) is 0.227. The van der Waals surface area contributed by atoms with Gasteiger partial charge in [0.05, 0.1) is 17.9 Å². The molecular formula is C22H20N2O5S. The first kappa shape index (κ1) is 20.1. The van der Waals surface area contributed by atoms with E-state index >= 15 is 0 Å². The lowest BCUT2D eigenvalue weighted by Crippen LogP contribution is -2.21. The molecule has 0 unspecified atom stereocenters. The number of methoxy groups -OCH3 is 1. The van der Waals surface area contributed by atoms with Crippen molar-refractivity contribution >= 4 is 38.4 Å². The van der Waals surface area contributed by atoms with Gasteiger partial charge in [0, 0.05) is 19.0 Å². The number of aromatic nitrogens is 1. The van der Waals surface area contributed by atoms with Gasteiger partial charge in [0.1, 0.15) is 22.4 Å². The second-order valence-corrected chi connectivity index (χ2v) is 7.48. The number of hydrogen-bond donors (Lipinski definition) is 0. The third kappa shape index (κ3) is 3.79. The van der Waals surface area contributed by atoms with Crippen LogP contribution < -0.4 is 15.2 Å². The van der Waals surface area contributed by atoms with Gasteiger partial charge in [-0.25, -0.2) is 4.79 Å². The van der Waals surface area contributed by atoms with Crippen molar-refractivity contribution in [1.29, 1.82) is 0 Å². The maximum absolute atomic E-state index is 12.9. The summed E-state index contributed by atoms with van der Waals surface area (Å²) in [4.78, 5) is 30.0. The molecule has 0 spiro atoms. The summed E-state index contributed by atoms with van der Waals surface area (Å²) < 4.78 is 19.1.